The Hall–Kier alpha value is -2.56. The summed E-state index contributed by atoms with van der Waals surface area (Å²) < 4.78 is 5.41. The molecule has 0 bridgehead atoms. The van der Waals surface area contributed by atoms with Gasteiger partial charge in [-0.2, -0.15) is 0 Å². The zero-order valence-corrected chi connectivity index (χ0v) is 16.1. The number of nitrogens with two attached hydrogens (primary N) is 2. The fourth-order valence-electron chi connectivity index (χ4n) is 2.85. The molecule has 1 aromatic carbocycles. The van der Waals surface area contributed by atoms with Gasteiger partial charge in [0.15, 0.2) is 5.69 Å². The average Bonchev–Trinajstić information content (AvgIpc) is 2.59. The Labute approximate surface area is 150 Å². The van der Waals surface area contributed by atoms with Crippen molar-refractivity contribution in [2.75, 3.05) is 12.8 Å². The van der Waals surface area contributed by atoms with Gasteiger partial charge < -0.3 is 16.2 Å². The Bertz CT molecular complexity index is 755. The predicted molar refractivity (Wildman–Crippen MR) is 104 cm³/mol. The van der Waals surface area contributed by atoms with Crippen LogP contribution in [0.2, 0.25) is 0 Å². The maximum absolute atomic E-state index is 11.7. The van der Waals surface area contributed by atoms with E-state index in [0.29, 0.717) is 5.69 Å². The molecule has 25 heavy (non-hydrogen) atoms. The third kappa shape index (κ3) is 4.29. The average molecular weight is 343 g/mol. The molecule has 0 unspecified atom stereocenters. The summed E-state index contributed by atoms with van der Waals surface area (Å²) in [5.74, 6) is 0.166. The molecule has 0 atom stereocenters. The molecular formula is C20H29N3O2. The first kappa shape index (κ1) is 20.5. The molecule has 5 heteroatoms. The molecule has 136 valence electrons. The van der Waals surface area contributed by atoms with E-state index in [0.717, 1.165) is 46.5 Å². The van der Waals surface area contributed by atoms with Gasteiger partial charge in [-0.3, -0.25) is 4.79 Å². The van der Waals surface area contributed by atoms with Crippen LogP contribution in [0.4, 0.5) is 5.69 Å². The number of hydrogen-bond donors (Lipinski definition) is 2. The molecule has 0 radical (unpaired) electrons. The standard InChI is InChI=1S/C18H23N3O2.C2H6/c1-5-6-12-9-13(16(19)17(21-12)18(20)22)15-10(2)7-8-14(23-4)11(15)3;1-2/h7-9H,5-6,19H2,1-4H3,(H2,20,22);1-2H3. The number of hydrogen-bond acceptors (Lipinski definition) is 4. The lowest BCUT2D eigenvalue weighted by Crippen LogP contribution is -2.17. The number of nitrogen functional groups attached to an aromatic ring is 1. The number of aryl methyl sites for hydroxylation is 2. The lowest BCUT2D eigenvalue weighted by atomic mass is 9.92. The van der Waals surface area contributed by atoms with E-state index >= 15 is 0 Å². The van der Waals surface area contributed by atoms with Crippen LogP contribution in [0.5, 0.6) is 5.75 Å². The van der Waals surface area contributed by atoms with Crippen LogP contribution in [-0.4, -0.2) is 18.0 Å². The number of anilines is 1. The van der Waals surface area contributed by atoms with Gasteiger partial charge in [0.1, 0.15) is 5.75 Å². The van der Waals surface area contributed by atoms with E-state index in [-0.39, 0.29) is 5.69 Å². The summed E-state index contributed by atoms with van der Waals surface area (Å²) in [5.41, 5.74) is 16.7. The molecule has 1 aromatic heterocycles. The fraction of sp³-hybridized carbons (Fsp3) is 0.400. The lowest BCUT2D eigenvalue weighted by Gasteiger charge is -2.17. The van der Waals surface area contributed by atoms with Crippen molar-refractivity contribution < 1.29 is 9.53 Å². The van der Waals surface area contributed by atoms with Crippen molar-refractivity contribution in [3.05, 3.63) is 40.7 Å². The lowest BCUT2D eigenvalue weighted by molar-refractivity contribution is 0.0996. The SMILES string of the molecule is CC.CCCc1cc(-c2c(C)ccc(OC)c2C)c(N)c(C(N)=O)n1. The summed E-state index contributed by atoms with van der Waals surface area (Å²) in [6, 6.07) is 5.85. The zero-order valence-electron chi connectivity index (χ0n) is 16.1. The number of carbonyl (C=O) groups excluding carboxylic acids is 1. The van der Waals surface area contributed by atoms with Gasteiger partial charge in [0.25, 0.3) is 5.91 Å². The molecular weight excluding hydrogens is 314 g/mol. The van der Waals surface area contributed by atoms with Gasteiger partial charge >= 0.3 is 0 Å². The molecule has 0 aliphatic carbocycles. The summed E-state index contributed by atoms with van der Waals surface area (Å²) in [5, 5.41) is 0. The number of benzene rings is 1. The van der Waals surface area contributed by atoms with Crippen LogP contribution in [0.1, 0.15) is 54.5 Å². The minimum absolute atomic E-state index is 0.132. The van der Waals surface area contributed by atoms with Crippen LogP contribution in [0, 0.1) is 13.8 Å². The van der Waals surface area contributed by atoms with Gasteiger partial charge in [-0.05, 0) is 49.1 Å². The number of rotatable bonds is 5. The van der Waals surface area contributed by atoms with Crippen LogP contribution >= 0.6 is 0 Å². The van der Waals surface area contributed by atoms with Gasteiger partial charge in [-0.1, -0.05) is 33.3 Å². The summed E-state index contributed by atoms with van der Waals surface area (Å²) in [4.78, 5) is 16.0. The highest BCUT2D eigenvalue weighted by Crippen LogP contribution is 2.37. The van der Waals surface area contributed by atoms with Gasteiger partial charge in [-0.15, -0.1) is 0 Å². The Balaban J connectivity index is 0.00000151. The summed E-state index contributed by atoms with van der Waals surface area (Å²) in [7, 11) is 1.63. The van der Waals surface area contributed by atoms with Crippen LogP contribution in [0.15, 0.2) is 18.2 Å². The fourth-order valence-corrected chi connectivity index (χ4v) is 2.85. The molecule has 0 saturated carbocycles. The molecule has 2 rings (SSSR count). The molecule has 1 heterocycles. The van der Waals surface area contributed by atoms with Crippen molar-refractivity contribution in [1.82, 2.24) is 4.98 Å². The molecule has 4 N–H and O–H groups in total. The maximum atomic E-state index is 11.7. The van der Waals surface area contributed by atoms with Gasteiger partial charge in [0.2, 0.25) is 0 Å². The van der Waals surface area contributed by atoms with Crippen molar-refractivity contribution >= 4 is 11.6 Å². The summed E-state index contributed by atoms with van der Waals surface area (Å²) in [6.07, 6.45) is 1.68. The second kappa shape index (κ2) is 9.06. The third-order valence-electron chi connectivity index (χ3n) is 3.96. The minimum Gasteiger partial charge on any atom is -0.496 e. The Morgan fingerprint density at radius 2 is 1.88 bits per heavy atom. The van der Waals surface area contributed by atoms with E-state index in [2.05, 4.69) is 11.9 Å². The zero-order chi connectivity index (χ0) is 19.1. The Kier molecular flexibility index (Phi) is 7.43. The first-order chi connectivity index (χ1) is 11.9. The molecule has 0 aliphatic rings. The highest BCUT2D eigenvalue weighted by molar-refractivity contribution is 6.00. The third-order valence-corrected chi connectivity index (χ3v) is 3.96. The molecule has 0 saturated heterocycles. The predicted octanol–water partition coefficient (Wildman–Crippen LogP) is 4.03. The van der Waals surface area contributed by atoms with Crippen LogP contribution in [0.25, 0.3) is 11.1 Å². The van der Waals surface area contributed by atoms with Crippen molar-refractivity contribution in [3.63, 3.8) is 0 Å². The molecule has 1 amide bonds. The van der Waals surface area contributed by atoms with Crippen LogP contribution < -0.4 is 16.2 Å². The summed E-state index contributed by atoms with van der Waals surface area (Å²) >= 11 is 0. The molecule has 0 spiro atoms. The first-order valence-electron chi connectivity index (χ1n) is 8.64. The molecule has 2 aromatic rings. The topological polar surface area (TPSA) is 91.2 Å². The van der Waals surface area contributed by atoms with Crippen molar-refractivity contribution in [2.24, 2.45) is 5.73 Å². The normalized spacial score (nSPS) is 10.0. The van der Waals surface area contributed by atoms with E-state index in [1.54, 1.807) is 7.11 Å². The number of nitrogens with zero attached hydrogens (tertiary/aromatic N) is 1. The minimum atomic E-state index is -0.611. The number of pyridine rings is 1. The Morgan fingerprint density at radius 1 is 1.24 bits per heavy atom. The number of amides is 1. The highest BCUT2D eigenvalue weighted by atomic mass is 16.5. The number of aromatic nitrogens is 1. The maximum Gasteiger partial charge on any atom is 0.269 e. The number of carbonyl (C=O) groups is 1. The smallest absolute Gasteiger partial charge is 0.269 e. The number of ether oxygens (including phenoxy) is 1. The van der Waals surface area contributed by atoms with E-state index in [9.17, 15) is 4.79 Å². The largest absolute Gasteiger partial charge is 0.496 e. The summed E-state index contributed by atoms with van der Waals surface area (Å²) in [6.45, 7) is 10.0. The van der Waals surface area contributed by atoms with Crippen molar-refractivity contribution in [1.29, 1.82) is 0 Å². The van der Waals surface area contributed by atoms with Crippen molar-refractivity contribution in [3.8, 4) is 16.9 Å². The number of primary amides is 1. The monoisotopic (exact) mass is 343 g/mol. The van der Waals surface area contributed by atoms with Crippen molar-refractivity contribution in [2.45, 2.75) is 47.5 Å². The second-order valence-corrected chi connectivity index (χ2v) is 5.62. The Morgan fingerprint density at radius 3 is 2.40 bits per heavy atom. The second-order valence-electron chi connectivity index (χ2n) is 5.62. The van der Waals surface area contributed by atoms with Gasteiger partial charge in [0.05, 0.1) is 12.8 Å². The molecule has 0 aliphatic heterocycles. The molecule has 5 nitrogen and oxygen atoms in total. The van der Waals surface area contributed by atoms with Crippen LogP contribution in [0.3, 0.4) is 0 Å². The van der Waals surface area contributed by atoms with E-state index in [1.807, 2.05) is 45.9 Å². The number of methoxy groups -OCH3 is 1. The van der Waals surface area contributed by atoms with Crippen LogP contribution in [-0.2, 0) is 6.42 Å². The van der Waals surface area contributed by atoms with E-state index < -0.39 is 5.91 Å². The van der Waals surface area contributed by atoms with Gasteiger partial charge in [-0.25, -0.2) is 4.98 Å². The van der Waals surface area contributed by atoms with Gasteiger partial charge in [0, 0.05) is 11.3 Å². The molecule has 0 fully saturated rings. The highest BCUT2D eigenvalue weighted by Gasteiger charge is 2.19. The van der Waals surface area contributed by atoms with E-state index in [4.69, 9.17) is 16.2 Å². The quantitative estimate of drug-likeness (QED) is 0.857. The first-order valence-corrected chi connectivity index (χ1v) is 8.64. The van der Waals surface area contributed by atoms with E-state index in [1.165, 1.54) is 0 Å².